The highest BCUT2D eigenvalue weighted by molar-refractivity contribution is 5.20. The highest BCUT2D eigenvalue weighted by Crippen LogP contribution is 2.00. The number of hydrogen-bond acceptors (Lipinski definition) is 1. The lowest BCUT2D eigenvalue weighted by molar-refractivity contribution is -0.657. The molecule has 0 saturated carbocycles. The van der Waals surface area contributed by atoms with Crippen molar-refractivity contribution in [3.8, 4) is 0 Å². The summed E-state index contributed by atoms with van der Waals surface area (Å²) in [7, 11) is 8.15. The molecule has 0 saturated heterocycles. The van der Waals surface area contributed by atoms with Gasteiger partial charge in [0.2, 0.25) is 0 Å². The van der Waals surface area contributed by atoms with Crippen LogP contribution in [-0.2, 0) is 14.1 Å². The largest absolute Gasteiger partial charge is 0.358 e. The maximum absolute atomic E-state index is 2.08. The van der Waals surface area contributed by atoms with Crippen molar-refractivity contribution in [2.24, 2.45) is 14.1 Å². The molecule has 3 heteroatoms. The van der Waals surface area contributed by atoms with Crippen molar-refractivity contribution in [1.29, 1.82) is 0 Å². The van der Waals surface area contributed by atoms with Crippen molar-refractivity contribution in [1.82, 2.24) is 4.57 Å². The minimum atomic E-state index is 1.19. The fourth-order valence-corrected chi connectivity index (χ4v) is 1.21. The monoisotopic (exact) mass is 140 g/mol. The number of aryl methyl sites for hydroxylation is 2. The Balaban J connectivity index is 3.10. The van der Waals surface area contributed by atoms with Crippen LogP contribution >= 0.6 is 0 Å². The number of anilines is 1. The molecular formula is C7H14N3+. The van der Waals surface area contributed by atoms with Crippen molar-refractivity contribution < 1.29 is 4.57 Å². The lowest BCUT2D eigenvalue weighted by Crippen LogP contribution is -2.34. The van der Waals surface area contributed by atoms with E-state index in [1.807, 2.05) is 40.6 Å². The standard InChI is InChI=1S/C7H14N3/c1-8(2)7-9(3)5-6-10(7)4/h5-6H,1-4H3/q+1. The van der Waals surface area contributed by atoms with Crippen LogP contribution in [0.25, 0.3) is 0 Å². The van der Waals surface area contributed by atoms with Gasteiger partial charge in [0.15, 0.2) is 0 Å². The fraction of sp³-hybridized carbons (Fsp3) is 0.571. The maximum Gasteiger partial charge on any atom is 0.358 e. The van der Waals surface area contributed by atoms with Gasteiger partial charge in [-0.15, -0.1) is 0 Å². The Hall–Kier alpha value is -0.990. The summed E-state index contributed by atoms with van der Waals surface area (Å²) < 4.78 is 4.17. The second-order valence-electron chi connectivity index (χ2n) is 2.71. The van der Waals surface area contributed by atoms with Crippen LogP contribution in [0, 0.1) is 0 Å². The first kappa shape index (κ1) is 7.12. The molecule has 56 valence electrons. The predicted molar refractivity (Wildman–Crippen MR) is 40.9 cm³/mol. The number of aromatic nitrogens is 2. The van der Waals surface area contributed by atoms with E-state index in [2.05, 4.69) is 14.0 Å². The van der Waals surface area contributed by atoms with Crippen LogP contribution in [0.15, 0.2) is 12.4 Å². The number of imidazole rings is 1. The average Bonchev–Trinajstić information content (AvgIpc) is 2.11. The summed E-state index contributed by atoms with van der Waals surface area (Å²) in [5, 5.41) is 0. The van der Waals surface area contributed by atoms with Gasteiger partial charge in [0.25, 0.3) is 0 Å². The SMILES string of the molecule is CN(C)c1n(C)cc[n+]1C. The molecule has 0 spiro atoms. The van der Waals surface area contributed by atoms with Gasteiger partial charge >= 0.3 is 5.95 Å². The van der Waals surface area contributed by atoms with E-state index in [1.165, 1.54) is 5.95 Å². The molecule has 1 rings (SSSR count). The van der Waals surface area contributed by atoms with Crippen LogP contribution in [0.4, 0.5) is 5.95 Å². The van der Waals surface area contributed by atoms with E-state index in [9.17, 15) is 0 Å². The summed E-state index contributed by atoms with van der Waals surface area (Å²) in [5.41, 5.74) is 0. The lowest BCUT2D eigenvalue weighted by atomic mass is 10.8. The zero-order valence-corrected chi connectivity index (χ0v) is 7.00. The normalized spacial score (nSPS) is 10.0. The Morgan fingerprint density at radius 2 is 2.10 bits per heavy atom. The van der Waals surface area contributed by atoms with Gasteiger partial charge in [0.1, 0.15) is 0 Å². The molecule has 0 amide bonds. The summed E-state index contributed by atoms with van der Waals surface area (Å²) in [6, 6.07) is 0. The Morgan fingerprint density at radius 1 is 1.50 bits per heavy atom. The molecule has 0 radical (unpaired) electrons. The van der Waals surface area contributed by atoms with Gasteiger partial charge in [-0.3, -0.25) is 4.90 Å². The van der Waals surface area contributed by atoms with Gasteiger partial charge in [-0.1, -0.05) is 0 Å². The summed E-state index contributed by atoms with van der Waals surface area (Å²) in [5.74, 6) is 1.19. The number of hydrogen-bond donors (Lipinski definition) is 0. The Kier molecular flexibility index (Phi) is 1.66. The van der Waals surface area contributed by atoms with Gasteiger partial charge in [-0.25, -0.2) is 9.13 Å². The average molecular weight is 140 g/mol. The topological polar surface area (TPSA) is 12.1 Å². The summed E-state index contributed by atoms with van der Waals surface area (Å²) in [4.78, 5) is 2.08. The molecular weight excluding hydrogens is 126 g/mol. The molecule has 0 aliphatic rings. The van der Waals surface area contributed by atoms with Crippen molar-refractivity contribution in [3.05, 3.63) is 12.4 Å². The molecule has 0 aromatic carbocycles. The van der Waals surface area contributed by atoms with Gasteiger partial charge in [-0.05, 0) is 0 Å². The van der Waals surface area contributed by atoms with Crippen molar-refractivity contribution in [3.63, 3.8) is 0 Å². The Labute approximate surface area is 61.5 Å². The van der Waals surface area contributed by atoms with Gasteiger partial charge < -0.3 is 0 Å². The molecule has 10 heavy (non-hydrogen) atoms. The van der Waals surface area contributed by atoms with Crippen molar-refractivity contribution in [2.45, 2.75) is 0 Å². The second-order valence-corrected chi connectivity index (χ2v) is 2.71. The predicted octanol–water partition coefficient (Wildman–Crippen LogP) is -0.0844. The minimum absolute atomic E-state index is 1.19. The van der Waals surface area contributed by atoms with Gasteiger partial charge in [-0.2, -0.15) is 0 Å². The van der Waals surface area contributed by atoms with Crippen molar-refractivity contribution >= 4 is 5.95 Å². The van der Waals surface area contributed by atoms with Crippen LogP contribution in [0.3, 0.4) is 0 Å². The smallest absolute Gasteiger partial charge is 0.270 e. The number of rotatable bonds is 1. The van der Waals surface area contributed by atoms with E-state index in [0.717, 1.165) is 0 Å². The first-order valence-electron chi connectivity index (χ1n) is 3.31. The van der Waals surface area contributed by atoms with Crippen LogP contribution < -0.4 is 9.47 Å². The third kappa shape index (κ3) is 0.988. The molecule has 0 unspecified atom stereocenters. The molecule has 1 aromatic heterocycles. The van der Waals surface area contributed by atoms with Crippen LogP contribution in [0.5, 0.6) is 0 Å². The molecule has 1 heterocycles. The third-order valence-corrected chi connectivity index (χ3v) is 1.54. The van der Waals surface area contributed by atoms with E-state index in [-0.39, 0.29) is 0 Å². The molecule has 0 bridgehead atoms. The summed E-state index contributed by atoms with van der Waals surface area (Å²) in [6.07, 6.45) is 4.07. The molecule has 0 atom stereocenters. The molecule has 1 aromatic rings. The van der Waals surface area contributed by atoms with Crippen LogP contribution in [0.2, 0.25) is 0 Å². The maximum atomic E-state index is 2.08. The van der Waals surface area contributed by atoms with Gasteiger partial charge in [0.05, 0.1) is 40.6 Å². The second kappa shape index (κ2) is 2.33. The zero-order valence-electron chi connectivity index (χ0n) is 7.00. The minimum Gasteiger partial charge on any atom is -0.270 e. The molecule has 0 aliphatic carbocycles. The first-order chi connectivity index (χ1) is 4.63. The highest BCUT2D eigenvalue weighted by atomic mass is 15.3. The third-order valence-electron chi connectivity index (χ3n) is 1.54. The lowest BCUT2D eigenvalue weighted by Gasteiger charge is -2.05. The summed E-state index contributed by atoms with van der Waals surface area (Å²) in [6.45, 7) is 0. The molecule has 0 N–H and O–H groups in total. The van der Waals surface area contributed by atoms with Crippen LogP contribution in [-0.4, -0.2) is 18.7 Å². The molecule has 0 aliphatic heterocycles. The Morgan fingerprint density at radius 3 is 2.30 bits per heavy atom. The quantitative estimate of drug-likeness (QED) is 0.497. The summed E-state index contributed by atoms with van der Waals surface area (Å²) >= 11 is 0. The van der Waals surface area contributed by atoms with Crippen molar-refractivity contribution in [2.75, 3.05) is 19.0 Å². The molecule has 3 nitrogen and oxygen atoms in total. The van der Waals surface area contributed by atoms with E-state index < -0.39 is 0 Å². The van der Waals surface area contributed by atoms with E-state index in [4.69, 9.17) is 0 Å². The van der Waals surface area contributed by atoms with E-state index in [1.54, 1.807) is 0 Å². The first-order valence-corrected chi connectivity index (χ1v) is 3.31. The van der Waals surface area contributed by atoms with E-state index in [0.29, 0.717) is 0 Å². The zero-order chi connectivity index (χ0) is 7.72. The van der Waals surface area contributed by atoms with E-state index >= 15 is 0 Å². The number of nitrogens with zero attached hydrogens (tertiary/aromatic N) is 3. The highest BCUT2D eigenvalue weighted by Gasteiger charge is 2.11. The van der Waals surface area contributed by atoms with Gasteiger partial charge in [0, 0.05) is 0 Å². The fourth-order valence-electron chi connectivity index (χ4n) is 1.21. The van der Waals surface area contributed by atoms with Crippen LogP contribution in [0.1, 0.15) is 0 Å². The molecule has 0 fully saturated rings. The Bertz CT molecular complexity index is 205.